The summed E-state index contributed by atoms with van der Waals surface area (Å²) in [5, 5.41) is 0. The van der Waals surface area contributed by atoms with Crippen molar-refractivity contribution < 1.29 is 22.0 Å². The Morgan fingerprint density at radius 1 is 0.615 bits per heavy atom. The van der Waals surface area contributed by atoms with Crippen LogP contribution in [0.2, 0.25) is 0 Å². The van der Waals surface area contributed by atoms with Gasteiger partial charge < -0.3 is 5.73 Å². The quantitative estimate of drug-likeness (QED) is 0.257. The molecule has 0 aromatic heterocycles. The fourth-order valence-corrected chi connectivity index (χ4v) is 0.622. The van der Waals surface area contributed by atoms with Gasteiger partial charge in [0.2, 0.25) is 5.82 Å². The van der Waals surface area contributed by atoms with Crippen LogP contribution < -0.4 is 5.73 Å². The predicted molar refractivity (Wildman–Crippen MR) is 46.1 cm³/mol. The van der Waals surface area contributed by atoms with Gasteiger partial charge in [0.25, 0.3) is 0 Å². The van der Waals surface area contributed by atoms with Crippen molar-refractivity contribution in [2.45, 2.75) is 0 Å². The summed E-state index contributed by atoms with van der Waals surface area (Å²) in [5.41, 5.74) is 3.19. The normalized spacial score (nSPS) is 9.62. The number of halogens is 6. The maximum absolute atomic E-state index is 12.3. The van der Waals surface area contributed by atoms with Crippen LogP contribution in [0.15, 0.2) is 0 Å². The topological polar surface area (TPSA) is 26.0 Å². The molecule has 1 aromatic rings. The molecule has 0 aliphatic rings. The Morgan fingerprint density at radius 3 is 1.15 bits per heavy atom. The van der Waals surface area contributed by atoms with E-state index in [9.17, 15) is 22.0 Å². The number of nitrogens with two attached hydrogens (primary N) is 1. The lowest BCUT2D eigenvalue weighted by molar-refractivity contribution is 0.382. The molecule has 13 heavy (non-hydrogen) atoms. The molecular weight excluding hydrogens is 308 g/mol. The zero-order valence-electron chi connectivity index (χ0n) is 5.88. The molecule has 0 bridgehead atoms. The van der Waals surface area contributed by atoms with Gasteiger partial charge in [0.15, 0.2) is 23.3 Å². The van der Waals surface area contributed by atoms with Gasteiger partial charge in [0, 0.05) is 0 Å². The summed E-state index contributed by atoms with van der Waals surface area (Å²) in [6.45, 7) is 0. The SMILES string of the molecule is I.Nc1c(F)c(F)c(F)c(F)c1F. The Kier molecular flexibility index (Phi) is 3.88. The van der Waals surface area contributed by atoms with Gasteiger partial charge >= 0.3 is 0 Å². The minimum absolute atomic E-state index is 0. The van der Waals surface area contributed by atoms with Gasteiger partial charge in [-0.1, -0.05) is 0 Å². The zero-order chi connectivity index (χ0) is 9.46. The Hall–Kier alpha value is -0.600. The lowest BCUT2D eigenvalue weighted by Gasteiger charge is -2.02. The largest absolute Gasteiger partial charge is 0.394 e. The number of nitrogen functional groups attached to an aromatic ring is 1. The van der Waals surface area contributed by atoms with E-state index in [-0.39, 0.29) is 24.0 Å². The molecule has 0 radical (unpaired) electrons. The summed E-state index contributed by atoms with van der Waals surface area (Å²) in [6.07, 6.45) is 0. The minimum atomic E-state index is -2.21. The van der Waals surface area contributed by atoms with E-state index in [4.69, 9.17) is 0 Å². The van der Waals surface area contributed by atoms with Crippen molar-refractivity contribution >= 4 is 29.7 Å². The highest BCUT2D eigenvalue weighted by atomic mass is 127. The third-order valence-corrected chi connectivity index (χ3v) is 1.24. The van der Waals surface area contributed by atoms with E-state index in [2.05, 4.69) is 5.73 Å². The summed E-state index contributed by atoms with van der Waals surface area (Å²) in [7, 11) is 0. The Balaban J connectivity index is 0.00000144. The van der Waals surface area contributed by atoms with Crippen LogP contribution in [0.5, 0.6) is 0 Å². The monoisotopic (exact) mass is 311 g/mol. The van der Waals surface area contributed by atoms with E-state index in [0.29, 0.717) is 0 Å². The first-order valence-electron chi connectivity index (χ1n) is 2.73. The zero-order valence-corrected chi connectivity index (χ0v) is 8.21. The molecule has 7 heteroatoms. The van der Waals surface area contributed by atoms with E-state index >= 15 is 0 Å². The molecule has 0 saturated heterocycles. The van der Waals surface area contributed by atoms with E-state index in [1.54, 1.807) is 0 Å². The Bertz CT molecular complexity index is 235. The van der Waals surface area contributed by atoms with Gasteiger partial charge in [-0.05, 0) is 0 Å². The molecule has 0 saturated carbocycles. The third kappa shape index (κ3) is 1.84. The Labute approximate surface area is 86.7 Å². The van der Waals surface area contributed by atoms with Crippen LogP contribution in [0.25, 0.3) is 0 Å². The highest BCUT2D eigenvalue weighted by molar-refractivity contribution is 14.0. The molecule has 2 N–H and O–H groups in total. The fraction of sp³-hybridized carbons (Fsp3) is 0. The molecule has 0 fully saturated rings. The second kappa shape index (κ2) is 4.07. The smallest absolute Gasteiger partial charge is 0.200 e. The average molecular weight is 311 g/mol. The summed E-state index contributed by atoms with van der Waals surface area (Å²) in [6, 6.07) is 0. The number of anilines is 1. The predicted octanol–water partition coefficient (Wildman–Crippen LogP) is 2.58. The highest BCUT2D eigenvalue weighted by Crippen LogP contribution is 2.23. The van der Waals surface area contributed by atoms with Crippen molar-refractivity contribution in [1.29, 1.82) is 0 Å². The molecular formula is C6H3F5IN. The van der Waals surface area contributed by atoms with E-state index in [1.807, 2.05) is 0 Å². The summed E-state index contributed by atoms with van der Waals surface area (Å²) in [4.78, 5) is 0. The van der Waals surface area contributed by atoms with Crippen molar-refractivity contribution in [3.63, 3.8) is 0 Å². The molecule has 0 amide bonds. The summed E-state index contributed by atoms with van der Waals surface area (Å²) >= 11 is 0. The van der Waals surface area contributed by atoms with Crippen LogP contribution in [-0.4, -0.2) is 0 Å². The maximum atomic E-state index is 12.3. The minimum Gasteiger partial charge on any atom is -0.394 e. The number of hydrogen-bond donors (Lipinski definition) is 1. The second-order valence-electron chi connectivity index (χ2n) is 1.98. The van der Waals surface area contributed by atoms with Gasteiger partial charge in [-0.25, -0.2) is 22.0 Å². The summed E-state index contributed by atoms with van der Waals surface area (Å²) in [5.74, 6) is -10.3. The van der Waals surface area contributed by atoms with Crippen LogP contribution >= 0.6 is 24.0 Å². The first kappa shape index (κ1) is 12.4. The van der Waals surface area contributed by atoms with Crippen LogP contribution in [0.1, 0.15) is 0 Å². The molecule has 0 unspecified atom stereocenters. The molecule has 0 spiro atoms. The average Bonchev–Trinajstić information content (AvgIpc) is 2.08. The first-order valence-corrected chi connectivity index (χ1v) is 2.73. The first-order chi connectivity index (χ1) is 5.46. The van der Waals surface area contributed by atoms with E-state index < -0.39 is 34.8 Å². The molecule has 0 aliphatic heterocycles. The van der Waals surface area contributed by atoms with Gasteiger partial charge in [-0.15, -0.1) is 24.0 Å². The Morgan fingerprint density at radius 2 is 0.846 bits per heavy atom. The maximum Gasteiger partial charge on any atom is 0.200 e. The molecule has 0 aliphatic carbocycles. The van der Waals surface area contributed by atoms with Gasteiger partial charge in [-0.3, -0.25) is 0 Å². The number of benzene rings is 1. The lowest BCUT2D eigenvalue weighted by Crippen LogP contribution is -2.05. The van der Waals surface area contributed by atoms with Gasteiger partial charge in [0.1, 0.15) is 5.69 Å². The number of hydrogen-bond acceptors (Lipinski definition) is 1. The van der Waals surface area contributed by atoms with Crippen LogP contribution in [0, 0.1) is 29.1 Å². The third-order valence-electron chi connectivity index (χ3n) is 1.24. The fourth-order valence-electron chi connectivity index (χ4n) is 0.622. The van der Waals surface area contributed by atoms with Gasteiger partial charge in [0.05, 0.1) is 0 Å². The van der Waals surface area contributed by atoms with E-state index in [0.717, 1.165) is 0 Å². The van der Waals surface area contributed by atoms with Crippen LogP contribution in [0.4, 0.5) is 27.6 Å². The van der Waals surface area contributed by atoms with Crippen LogP contribution in [0.3, 0.4) is 0 Å². The van der Waals surface area contributed by atoms with Gasteiger partial charge in [-0.2, -0.15) is 0 Å². The molecule has 1 rings (SSSR count). The highest BCUT2D eigenvalue weighted by Gasteiger charge is 2.23. The molecule has 1 nitrogen and oxygen atoms in total. The van der Waals surface area contributed by atoms with Crippen molar-refractivity contribution in [3.8, 4) is 0 Å². The molecule has 0 heterocycles. The van der Waals surface area contributed by atoms with Crippen molar-refractivity contribution in [1.82, 2.24) is 0 Å². The standard InChI is InChI=1S/C6H2F5N.HI/c7-1-2(8)4(10)6(12)5(11)3(1)9;/h12H2;1H. The van der Waals surface area contributed by atoms with Crippen molar-refractivity contribution in [2.24, 2.45) is 0 Å². The molecule has 74 valence electrons. The van der Waals surface area contributed by atoms with Crippen LogP contribution in [-0.2, 0) is 0 Å². The van der Waals surface area contributed by atoms with Crippen molar-refractivity contribution in [2.75, 3.05) is 5.73 Å². The van der Waals surface area contributed by atoms with Crippen molar-refractivity contribution in [3.05, 3.63) is 29.1 Å². The van der Waals surface area contributed by atoms with E-state index in [1.165, 1.54) is 0 Å². The molecule has 1 aromatic carbocycles. The number of rotatable bonds is 0. The summed E-state index contributed by atoms with van der Waals surface area (Å²) < 4.78 is 61.1. The molecule has 0 atom stereocenters. The lowest BCUT2D eigenvalue weighted by atomic mass is 10.2. The second-order valence-corrected chi connectivity index (χ2v) is 1.98.